The van der Waals surface area contributed by atoms with Crippen LogP contribution in [0.4, 0.5) is 4.39 Å². The van der Waals surface area contributed by atoms with E-state index in [2.05, 4.69) is 20.4 Å². The van der Waals surface area contributed by atoms with Crippen LogP contribution in [0.1, 0.15) is 16.2 Å². The number of pyridine rings is 1. The van der Waals surface area contributed by atoms with Gasteiger partial charge in [0.15, 0.2) is 0 Å². The van der Waals surface area contributed by atoms with Crippen LogP contribution < -0.4 is 11.1 Å². The van der Waals surface area contributed by atoms with E-state index in [1.807, 2.05) is 0 Å². The van der Waals surface area contributed by atoms with Crippen molar-refractivity contribution in [1.29, 1.82) is 0 Å². The standard InChI is InChI=1S/C18H16FN5O3/c19-14-5-3-11(4-6-14)8-13(15(20)25)10-22-17(26)16-23-18(27-24-16)12-2-1-7-21-9-12/h1-7,9,13H,8,10H2,(H2,20,25)(H,22,26)/t13-/m0/s1. The highest BCUT2D eigenvalue weighted by Crippen LogP contribution is 2.15. The van der Waals surface area contributed by atoms with E-state index in [1.54, 1.807) is 30.5 Å². The summed E-state index contributed by atoms with van der Waals surface area (Å²) in [5.74, 6) is -2.22. The molecule has 9 heteroatoms. The van der Waals surface area contributed by atoms with E-state index in [9.17, 15) is 14.0 Å². The lowest BCUT2D eigenvalue weighted by Crippen LogP contribution is -2.37. The van der Waals surface area contributed by atoms with Gasteiger partial charge < -0.3 is 15.6 Å². The minimum Gasteiger partial charge on any atom is -0.369 e. The monoisotopic (exact) mass is 369 g/mol. The molecule has 1 atom stereocenters. The summed E-state index contributed by atoms with van der Waals surface area (Å²) in [7, 11) is 0. The number of aromatic nitrogens is 3. The first-order valence-corrected chi connectivity index (χ1v) is 8.09. The van der Waals surface area contributed by atoms with Gasteiger partial charge in [0.05, 0.1) is 11.5 Å². The van der Waals surface area contributed by atoms with Crippen molar-refractivity contribution in [3.8, 4) is 11.5 Å². The minimum absolute atomic E-state index is 0.0116. The number of hydrogen-bond acceptors (Lipinski definition) is 6. The Hall–Kier alpha value is -3.62. The molecule has 2 aromatic heterocycles. The molecule has 0 saturated heterocycles. The van der Waals surface area contributed by atoms with Crippen LogP contribution in [0.5, 0.6) is 0 Å². The zero-order valence-corrected chi connectivity index (χ0v) is 14.1. The van der Waals surface area contributed by atoms with Gasteiger partial charge in [-0.05, 0) is 36.2 Å². The highest BCUT2D eigenvalue weighted by Gasteiger charge is 2.20. The Morgan fingerprint density at radius 2 is 2.00 bits per heavy atom. The number of amides is 2. The fourth-order valence-corrected chi connectivity index (χ4v) is 2.40. The molecule has 0 radical (unpaired) electrons. The number of rotatable bonds is 7. The van der Waals surface area contributed by atoms with E-state index in [4.69, 9.17) is 10.3 Å². The molecule has 0 fully saturated rings. The van der Waals surface area contributed by atoms with Crippen LogP contribution in [0.25, 0.3) is 11.5 Å². The van der Waals surface area contributed by atoms with Crippen molar-refractivity contribution in [2.24, 2.45) is 11.7 Å². The number of carbonyl (C=O) groups excluding carboxylic acids is 2. The van der Waals surface area contributed by atoms with Gasteiger partial charge in [-0.2, -0.15) is 4.98 Å². The van der Waals surface area contributed by atoms with E-state index in [0.717, 1.165) is 5.56 Å². The summed E-state index contributed by atoms with van der Waals surface area (Å²) in [5, 5.41) is 6.19. The average Bonchev–Trinajstić information content (AvgIpc) is 3.17. The smallest absolute Gasteiger partial charge is 0.292 e. The fraction of sp³-hybridized carbons (Fsp3) is 0.167. The molecule has 8 nitrogen and oxygen atoms in total. The Morgan fingerprint density at radius 3 is 2.67 bits per heavy atom. The van der Waals surface area contributed by atoms with Crippen LogP contribution in [-0.4, -0.2) is 33.5 Å². The second-order valence-corrected chi connectivity index (χ2v) is 5.80. The van der Waals surface area contributed by atoms with Crippen LogP contribution in [0.3, 0.4) is 0 Å². The summed E-state index contributed by atoms with van der Waals surface area (Å²) >= 11 is 0. The first-order valence-electron chi connectivity index (χ1n) is 8.09. The van der Waals surface area contributed by atoms with Gasteiger partial charge in [0.2, 0.25) is 5.91 Å². The van der Waals surface area contributed by atoms with Crippen LogP contribution in [0.2, 0.25) is 0 Å². The van der Waals surface area contributed by atoms with Gasteiger partial charge in [-0.3, -0.25) is 14.6 Å². The number of primary amides is 1. The molecule has 1 aromatic carbocycles. The molecular formula is C18H16FN5O3. The first-order chi connectivity index (χ1) is 13.0. The van der Waals surface area contributed by atoms with Gasteiger partial charge in [-0.25, -0.2) is 4.39 Å². The van der Waals surface area contributed by atoms with Gasteiger partial charge in [0.1, 0.15) is 5.82 Å². The molecule has 27 heavy (non-hydrogen) atoms. The third kappa shape index (κ3) is 4.72. The van der Waals surface area contributed by atoms with Crippen LogP contribution >= 0.6 is 0 Å². The Balaban J connectivity index is 1.62. The third-order valence-corrected chi connectivity index (χ3v) is 3.84. The maximum atomic E-state index is 13.0. The van der Waals surface area contributed by atoms with Crippen LogP contribution in [0.15, 0.2) is 53.3 Å². The topological polar surface area (TPSA) is 124 Å². The predicted molar refractivity (Wildman–Crippen MR) is 92.7 cm³/mol. The van der Waals surface area contributed by atoms with Gasteiger partial charge in [-0.1, -0.05) is 17.3 Å². The number of nitrogens with one attached hydrogen (secondary N) is 1. The third-order valence-electron chi connectivity index (χ3n) is 3.84. The molecule has 0 aliphatic carbocycles. The zero-order valence-electron chi connectivity index (χ0n) is 14.1. The highest BCUT2D eigenvalue weighted by molar-refractivity contribution is 5.91. The van der Waals surface area contributed by atoms with Crippen molar-refractivity contribution in [3.05, 3.63) is 66.0 Å². The normalized spacial score (nSPS) is 11.7. The van der Waals surface area contributed by atoms with Crippen LogP contribution in [0, 0.1) is 11.7 Å². The van der Waals surface area contributed by atoms with E-state index < -0.39 is 17.7 Å². The molecule has 0 saturated carbocycles. The maximum absolute atomic E-state index is 13.0. The van der Waals surface area contributed by atoms with E-state index in [0.29, 0.717) is 5.56 Å². The predicted octanol–water partition coefficient (Wildman–Crippen LogP) is 1.34. The van der Waals surface area contributed by atoms with E-state index in [1.165, 1.54) is 18.3 Å². The quantitative estimate of drug-likeness (QED) is 0.648. The summed E-state index contributed by atoms with van der Waals surface area (Å²) in [6, 6.07) is 9.13. The molecular weight excluding hydrogens is 353 g/mol. The van der Waals surface area contributed by atoms with Crippen molar-refractivity contribution >= 4 is 11.8 Å². The van der Waals surface area contributed by atoms with E-state index in [-0.39, 0.29) is 30.5 Å². The molecule has 3 aromatic rings. The Bertz CT molecular complexity index is 928. The first kappa shape index (κ1) is 18.2. The number of nitrogens with zero attached hydrogens (tertiary/aromatic N) is 3. The number of benzene rings is 1. The zero-order chi connectivity index (χ0) is 19.2. The molecule has 0 aliphatic heterocycles. The van der Waals surface area contributed by atoms with Gasteiger partial charge in [0, 0.05) is 18.9 Å². The lowest BCUT2D eigenvalue weighted by molar-refractivity contribution is -0.121. The molecule has 138 valence electrons. The minimum atomic E-state index is -0.663. The lowest BCUT2D eigenvalue weighted by Gasteiger charge is -2.13. The molecule has 0 aliphatic rings. The second-order valence-electron chi connectivity index (χ2n) is 5.80. The Labute approximate surface area is 153 Å². The van der Waals surface area contributed by atoms with E-state index >= 15 is 0 Å². The van der Waals surface area contributed by atoms with Crippen molar-refractivity contribution in [2.75, 3.05) is 6.54 Å². The Kier molecular flexibility index (Phi) is 5.50. The maximum Gasteiger partial charge on any atom is 0.292 e. The SMILES string of the molecule is NC(=O)[C@H](CNC(=O)c1noc(-c2cccnc2)n1)Cc1ccc(F)cc1. The molecule has 0 unspecified atom stereocenters. The summed E-state index contributed by atoms with van der Waals surface area (Å²) in [6.07, 6.45) is 3.39. The number of hydrogen-bond donors (Lipinski definition) is 2. The largest absolute Gasteiger partial charge is 0.369 e. The highest BCUT2D eigenvalue weighted by atomic mass is 19.1. The molecule has 3 N–H and O–H groups in total. The Morgan fingerprint density at radius 1 is 1.22 bits per heavy atom. The number of nitrogens with two attached hydrogens (primary N) is 1. The van der Waals surface area contributed by atoms with Gasteiger partial charge in [-0.15, -0.1) is 0 Å². The molecule has 3 rings (SSSR count). The average molecular weight is 369 g/mol. The van der Waals surface area contributed by atoms with Crippen molar-refractivity contribution in [2.45, 2.75) is 6.42 Å². The fourth-order valence-electron chi connectivity index (χ4n) is 2.40. The number of halogens is 1. The second kappa shape index (κ2) is 8.17. The molecule has 2 heterocycles. The van der Waals surface area contributed by atoms with Gasteiger partial charge >= 0.3 is 0 Å². The summed E-state index contributed by atoms with van der Waals surface area (Å²) < 4.78 is 18.0. The van der Waals surface area contributed by atoms with Crippen molar-refractivity contribution < 1.29 is 18.5 Å². The van der Waals surface area contributed by atoms with Crippen molar-refractivity contribution in [1.82, 2.24) is 20.4 Å². The molecule has 0 spiro atoms. The lowest BCUT2D eigenvalue weighted by atomic mass is 9.98. The van der Waals surface area contributed by atoms with Crippen molar-refractivity contribution in [3.63, 3.8) is 0 Å². The number of carbonyl (C=O) groups is 2. The summed E-state index contributed by atoms with van der Waals surface area (Å²) in [4.78, 5) is 31.8. The summed E-state index contributed by atoms with van der Waals surface area (Å²) in [6.45, 7) is -0.0116. The molecule has 0 bridgehead atoms. The van der Waals surface area contributed by atoms with Gasteiger partial charge in [0.25, 0.3) is 17.6 Å². The van der Waals surface area contributed by atoms with Crippen LogP contribution in [-0.2, 0) is 11.2 Å². The summed E-state index contributed by atoms with van der Waals surface area (Å²) in [5.41, 5.74) is 6.71. The molecule has 2 amide bonds.